The second kappa shape index (κ2) is 4.05. The van der Waals surface area contributed by atoms with Crippen molar-refractivity contribution in [1.29, 1.82) is 0 Å². The molecule has 2 rings (SSSR count). The van der Waals surface area contributed by atoms with Crippen molar-refractivity contribution in [3.63, 3.8) is 0 Å². The Morgan fingerprint density at radius 1 is 1.19 bits per heavy atom. The van der Waals surface area contributed by atoms with Gasteiger partial charge in [-0.3, -0.25) is 4.79 Å². The van der Waals surface area contributed by atoms with Crippen LogP contribution < -0.4 is 0 Å². The highest BCUT2D eigenvalue weighted by Crippen LogP contribution is 2.55. The zero-order chi connectivity index (χ0) is 11.9. The molecule has 92 valence electrons. The van der Waals surface area contributed by atoms with Gasteiger partial charge in [-0.05, 0) is 55.8 Å². The number of hydrogen-bond acceptors (Lipinski definition) is 1. The van der Waals surface area contributed by atoms with Gasteiger partial charge in [-0.15, -0.1) is 0 Å². The van der Waals surface area contributed by atoms with E-state index < -0.39 is 5.97 Å². The highest BCUT2D eigenvalue weighted by Gasteiger charge is 2.53. The lowest BCUT2D eigenvalue weighted by atomic mass is 9.52. The number of hydrogen-bond donors (Lipinski definition) is 1. The maximum atomic E-state index is 11.7. The SMILES string of the molecule is CC1CC[C@]2(C(=O)O)CC[C@H](C)C[C@@H]2[C@H]1C. The van der Waals surface area contributed by atoms with E-state index in [0.717, 1.165) is 32.1 Å². The highest BCUT2D eigenvalue weighted by molar-refractivity contribution is 5.75. The maximum absolute atomic E-state index is 11.7. The summed E-state index contributed by atoms with van der Waals surface area (Å²) in [5, 5.41) is 9.61. The molecule has 0 bridgehead atoms. The number of carbonyl (C=O) groups is 1. The van der Waals surface area contributed by atoms with E-state index in [2.05, 4.69) is 20.8 Å². The zero-order valence-electron chi connectivity index (χ0n) is 10.7. The Kier molecular flexibility index (Phi) is 3.02. The van der Waals surface area contributed by atoms with Gasteiger partial charge in [0.25, 0.3) is 0 Å². The van der Waals surface area contributed by atoms with Gasteiger partial charge in [0.2, 0.25) is 0 Å². The Morgan fingerprint density at radius 2 is 1.81 bits per heavy atom. The Morgan fingerprint density at radius 3 is 2.44 bits per heavy atom. The van der Waals surface area contributed by atoms with E-state index in [0.29, 0.717) is 23.7 Å². The Hall–Kier alpha value is -0.530. The molecular formula is C14H24O2. The van der Waals surface area contributed by atoms with Crippen LogP contribution in [0.25, 0.3) is 0 Å². The Bertz CT molecular complexity index is 282. The number of carboxylic acid groups (broad SMARTS) is 1. The molecule has 0 spiro atoms. The van der Waals surface area contributed by atoms with Crippen LogP contribution in [0.1, 0.15) is 52.9 Å². The largest absolute Gasteiger partial charge is 0.481 e. The van der Waals surface area contributed by atoms with Crippen molar-refractivity contribution in [2.75, 3.05) is 0 Å². The summed E-state index contributed by atoms with van der Waals surface area (Å²) in [5.74, 6) is 1.88. The lowest BCUT2D eigenvalue weighted by Crippen LogP contribution is -2.49. The van der Waals surface area contributed by atoms with Crippen LogP contribution in [-0.4, -0.2) is 11.1 Å². The minimum Gasteiger partial charge on any atom is -0.481 e. The fourth-order valence-corrected chi connectivity index (χ4v) is 4.01. The van der Waals surface area contributed by atoms with E-state index in [1.54, 1.807) is 0 Å². The van der Waals surface area contributed by atoms with Crippen molar-refractivity contribution in [2.45, 2.75) is 52.9 Å². The zero-order valence-corrected chi connectivity index (χ0v) is 10.7. The average Bonchev–Trinajstić information content (AvgIpc) is 2.24. The smallest absolute Gasteiger partial charge is 0.309 e. The van der Waals surface area contributed by atoms with E-state index in [4.69, 9.17) is 0 Å². The molecule has 0 radical (unpaired) electrons. The molecule has 5 atom stereocenters. The molecule has 2 heteroatoms. The summed E-state index contributed by atoms with van der Waals surface area (Å²) < 4.78 is 0. The van der Waals surface area contributed by atoms with E-state index in [-0.39, 0.29) is 5.41 Å². The molecule has 2 saturated carbocycles. The molecule has 0 amide bonds. The number of carboxylic acids is 1. The van der Waals surface area contributed by atoms with Crippen molar-refractivity contribution in [3.8, 4) is 0 Å². The van der Waals surface area contributed by atoms with Crippen molar-refractivity contribution < 1.29 is 9.90 Å². The summed E-state index contributed by atoms with van der Waals surface area (Å²) >= 11 is 0. The molecule has 0 aromatic rings. The summed E-state index contributed by atoms with van der Waals surface area (Å²) in [6, 6.07) is 0. The predicted molar refractivity (Wildman–Crippen MR) is 64.1 cm³/mol. The average molecular weight is 224 g/mol. The molecule has 16 heavy (non-hydrogen) atoms. The van der Waals surface area contributed by atoms with Crippen LogP contribution in [0.4, 0.5) is 0 Å². The first-order valence-corrected chi connectivity index (χ1v) is 6.71. The second-order valence-corrected chi connectivity index (χ2v) is 6.32. The van der Waals surface area contributed by atoms with Crippen LogP contribution in [0.15, 0.2) is 0 Å². The molecule has 1 unspecified atom stereocenters. The van der Waals surface area contributed by atoms with Gasteiger partial charge in [0, 0.05) is 0 Å². The summed E-state index contributed by atoms with van der Waals surface area (Å²) in [6.07, 6.45) is 5.14. The molecule has 2 aliphatic carbocycles. The number of aliphatic carboxylic acids is 1. The maximum Gasteiger partial charge on any atom is 0.309 e. The van der Waals surface area contributed by atoms with E-state index in [9.17, 15) is 9.90 Å². The molecule has 0 aliphatic heterocycles. The molecule has 0 heterocycles. The van der Waals surface area contributed by atoms with Gasteiger partial charge in [-0.2, -0.15) is 0 Å². The lowest BCUT2D eigenvalue weighted by molar-refractivity contribution is -0.164. The monoisotopic (exact) mass is 224 g/mol. The van der Waals surface area contributed by atoms with E-state index in [1.165, 1.54) is 0 Å². The van der Waals surface area contributed by atoms with Crippen LogP contribution in [-0.2, 0) is 4.79 Å². The third-order valence-corrected chi connectivity index (χ3v) is 5.45. The molecule has 2 nitrogen and oxygen atoms in total. The fraction of sp³-hybridized carbons (Fsp3) is 0.929. The van der Waals surface area contributed by atoms with Crippen molar-refractivity contribution in [2.24, 2.45) is 29.1 Å². The first-order valence-electron chi connectivity index (χ1n) is 6.71. The predicted octanol–water partition coefficient (Wildman–Crippen LogP) is 3.56. The van der Waals surface area contributed by atoms with Crippen molar-refractivity contribution >= 4 is 5.97 Å². The van der Waals surface area contributed by atoms with Gasteiger partial charge in [0.05, 0.1) is 5.41 Å². The summed E-state index contributed by atoms with van der Waals surface area (Å²) in [4.78, 5) is 11.7. The molecule has 0 aromatic carbocycles. The fourth-order valence-electron chi connectivity index (χ4n) is 4.01. The Balaban J connectivity index is 2.29. The van der Waals surface area contributed by atoms with Crippen molar-refractivity contribution in [3.05, 3.63) is 0 Å². The van der Waals surface area contributed by atoms with Crippen LogP contribution in [0, 0.1) is 29.1 Å². The Labute approximate surface area is 98.4 Å². The van der Waals surface area contributed by atoms with Crippen molar-refractivity contribution in [1.82, 2.24) is 0 Å². The number of rotatable bonds is 1. The first kappa shape index (κ1) is 11.9. The quantitative estimate of drug-likeness (QED) is 0.739. The minimum atomic E-state index is -0.525. The lowest BCUT2D eigenvalue weighted by Gasteiger charge is -2.51. The second-order valence-electron chi connectivity index (χ2n) is 6.32. The van der Waals surface area contributed by atoms with Crippen LogP contribution in [0.5, 0.6) is 0 Å². The topological polar surface area (TPSA) is 37.3 Å². The number of fused-ring (bicyclic) bond motifs is 1. The van der Waals surface area contributed by atoms with Gasteiger partial charge in [0.15, 0.2) is 0 Å². The van der Waals surface area contributed by atoms with Gasteiger partial charge in [-0.1, -0.05) is 20.8 Å². The van der Waals surface area contributed by atoms with Crippen LogP contribution in [0.3, 0.4) is 0 Å². The standard InChI is InChI=1S/C14H24O2/c1-9-4-6-14(13(15)16)7-5-10(2)11(3)12(14)8-9/h9-12H,4-8H2,1-3H3,(H,15,16)/t9-,10?,11-,12+,14+/m0/s1. The van der Waals surface area contributed by atoms with E-state index >= 15 is 0 Å². The molecule has 2 aliphatic rings. The van der Waals surface area contributed by atoms with E-state index in [1.807, 2.05) is 0 Å². The highest BCUT2D eigenvalue weighted by atomic mass is 16.4. The van der Waals surface area contributed by atoms with Crippen LogP contribution >= 0.6 is 0 Å². The molecule has 0 aromatic heterocycles. The van der Waals surface area contributed by atoms with Gasteiger partial charge in [-0.25, -0.2) is 0 Å². The molecular weight excluding hydrogens is 200 g/mol. The normalized spacial score (nSPS) is 48.4. The van der Waals surface area contributed by atoms with Crippen LogP contribution in [0.2, 0.25) is 0 Å². The summed E-state index contributed by atoms with van der Waals surface area (Å²) in [6.45, 7) is 6.83. The molecule has 2 fully saturated rings. The molecule has 1 N–H and O–H groups in total. The van der Waals surface area contributed by atoms with Gasteiger partial charge < -0.3 is 5.11 Å². The summed E-state index contributed by atoms with van der Waals surface area (Å²) in [7, 11) is 0. The molecule has 0 saturated heterocycles. The minimum absolute atomic E-state index is 0.377. The third-order valence-electron chi connectivity index (χ3n) is 5.45. The van der Waals surface area contributed by atoms with Gasteiger partial charge in [0.1, 0.15) is 0 Å². The van der Waals surface area contributed by atoms with Gasteiger partial charge >= 0.3 is 5.97 Å². The summed E-state index contributed by atoms with van der Waals surface area (Å²) in [5.41, 5.74) is -0.377. The first-order chi connectivity index (χ1) is 7.47. The third kappa shape index (κ3) is 1.66.